The number of Topliss-reactive ketones (excluding diaryl/α,β-unsaturated/α-hetero) is 1. The maximum absolute atomic E-state index is 13.6. The van der Waals surface area contributed by atoms with E-state index in [1.807, 2.05) is 30.5 Å². The fourth-order valence-electron chi connectivity index (χ4n) is 4.17. The van der Waals surface area contributed by atoms with E-state index in [1.54, 1.807) is 59.1 Å². The molecule has 0 bridgehead atoms. The van der Waals surface area contributed by atoms with Gasteiger partial charge in [0.05, 0.1) is 17.0 Å². The molecule has 0 radical (unpaired) electrons. The standard InChI is InChI=1S/C26H18BrNO4S/c1-14(29)15-3-8-18(9-4-15)28-23(16-5-10-19(33-2)11-6-16)22-24(30)20-13-17(27)7-12-21(20)32-25(22)26(28)31/h3-13,23H,1-2H3. The van der Waals surface area contributed by atoms with Gasteiger partial charge in [-0.1, -0.05) is 28.1 Å². The molecular weight excluding hydrogens is 502 g/mol. The van der Waals surface area contributed by atoms with Crippen LogP contribution in [-0.4, -0.2) is 17.9 Å². The van der Waals surface area contributed by atoms with Crippen LogP contribution in [0.15, 0.2) is 85.3 Å². The molecule has 0 saturated carbocycles. The molecule has 1 aliphatic rings. The summed E-state index contributed by atoms with van der Waals surface area (Å²) in [5.41, 5.74) is 2.38. The van der Waals surface area contributed by atoms with Crippen LogP contribution in [0.2, 0.25) is 0 Å². The number of hydrogen-bond acceptors (Lipinski definition) is 5. The van der Waals surface area contributed by atoms with Crippen LogP contribution in [0, 0.1) is 0 Å². The quantitative estimate of drug-likeness (QED) is 0.236. The summed E-state index contributed by atoms with van der Waals surface area (Å²) in [5, 5.41) is 0.412. The third-order valence-electron chi connectivity index (χ3n) is 5.82. The van der Waals surface area contributed by atoms with Crippen LogP contribution in [-0.2, 0) is 0 Å². The van der Waals surface area contributed by atoms with Gasteiger partial charge in [-0.3, -0.25) is 19.3 Å². The highest BCUT2D eigenvalue weighted by atomic mass is 79.9. The number of halogens is 1. The first-order valence-corrected chi connectivity index (χ1v) is 12.3. The van der Waals surface area contributed by atoms with E-state index in [-0.39, 0.29) is 22.9 Å². The highest BCUT2D eigenvalue weighted by molar-refractivity contribution is 9.10. The zero-order valence-electron chi connectivity index (χ0n) is 17.8. The molecule has 5 nitrogen and oxygen atoms in total. The largest absolute Gasteiger partial charge is 0.450 e. The van der Waals surface area contributed by atoms with Crippen LogP contribution >= 0.6 is 27.7 Å². The first-order chi connectivity index (χ1) is 15.9. The van der Waals surface area contributed by atoms with Gasteiger partial charge in [0, 0.05) is 20.6 Å². The Labute approximate surface area is 202 Å². The molecule has 164 valence electrons. The summed E-state index contributed by atoms with van der Waals surface area (Å²) in [6.07, 6.45) is 1.99. The van der Waals surface area contributed by atoms with Crippen LogP contribution in [0.1, 0.15) is 45.0 Å². The van der Waals surface area contributed by atoms with Gasteiger partial charge >= 0.3 is 0 Å². The molecule has 0 saturated heterocycles. The first-order valence-electron chi connectivity index (χ1n) is 10.2. The van der Waals surface area contributed by atoms with Gasteiger partial charge in [-0.2, -0.15) is 0 Å². The number of carbonyl (C=O) groups is 2. The highest BCUT2D eigenvalue weighted by Crippen LogP contribution is 2.41. The van der Waals surface area contributed by atoms with Gasteiger partial charge < -0.3 is 4.42 Å². The van der Waals surface area contributed by atoms with E-state index >= 15 is 0 Å². The van der Waals surface area contributed by atoms with E-state index in [4.69, 9.17) is 4.42 Å². The highest BCUT2D eigenvalue weighted by Gasteiger charge is 2.43. The van der Waals surface area contributed by atoms with Crippen molar-refractivity contribution < 1.29 is 14.0 Å². The van der Waals surface area contributed by atoms with Crippen molar-refractivity contribution in [3.8, 4) is 0 Å². The average molecular weight is 520 g/mol. The third-order valence-corrected chi connectivity index (χ3v) is 7.05. The lowest BCUT2D eigenvalue weighted by Crippen LogP contribution is -2.29. The minimum Gasteiger partial charge on any atom is -0.450 e. The van der Waals surface area contributed by atoms with E-state index in [2.05, 4.69) is 15.9 Å². The molecule has 1 aliphatic heterocycles. The SMILES string of the molecule is CSc1ccc(C2c3c(oc4ccc(Br)cc4c3=O)C(=O)N2c2ccc(C(C)=O)cc2)cc1. The summed E-state index contributed by atoms with van der Waals surface area (Å²) in [6.45, 7) is 1.49. The average Bonchev–Trinajstić information content (AvgIpc) is 3.12. The summed E-state index contributed by atoms with van der Waals surface area (Å²) in [7, 11) is 0. The summed E-state index contributed by atoms with van der Waals surface area (Å²) < 4.78 is 6.75. The van der Waals surface area contributed by atoms with Crippen molar-refractivity contribution in [2.24, 2.45) is 0 Å². The van der Waals surface area contributed by atoms with Crippen LogP contribution in [0.5, 0.6) is 0 Å². The Kier molecular flexibility index (Phi) is 5.46. The molecule has 0 aliphatic carbocycles. The minimum atomic E-state index is -0.647. The number of rotatable bonds is 4. The zero-order chi connectivity index (χ0) is 23.3. The smallest absolute Gasteiger partial charge is 0.295 e. The molecule has 1 unspecified atom stereocenters. The van der Waals surface area contributed by atoms with Crippen molar-refractivity contribution >= 4 is 56.0 Å². The van der Waals surface area contributed by atoms with Crippen molar-refractivity contribution in [2.45, 2.75) is 17.9 Å². The number of benzene rings is 3. The number of hydrogen-bond donors (Lipinski definition) is 0. The summed E-state index contributed by atoms with van der Waals surface area (Å²) >= 11 is 5.03. The number of amides is 1. The molecule has 33 heavy (non-hydrogen) atoms. The maximum Gasteiger partial charge on any atom is 0.295 e. The van der Waals surface area contributed by atoms with Crippen molar-refractivity contribution in [3.63, 3.8) is 0 Å². The van der Waals surface area contributed by atoms with Crippen molar-refractivity contribution in [2.75, 3.05) is 11.2 Å². The number of carbonyl (C=O) groups excluding carboxylic acids is 2. The second-order valence-corrected chi connectivity index (χ2v) is 9.56. The Morgan fingerprint density at radius 3 is 2.33 bits per heavy atom. The molecule has 1 atom stereocenters. The van der Waals surface area contributed by atoms with Gasteiger partial charge in [0.2, 0.25) is 5.76 Å². The van der Waals surface area contributed by atoms with E-state index in [0.717, 1.165) is 14.9 Å². The lowest BCUT2D eigenvalue weighted by Gasteiger charge is -2.25. The molecule has 0 spiro atoms. The molecule has 1 amide bonds. The van der Waals surface area contributed by atoms with Gasteiger partial charge in [-0.15, -0.1) is 11.8 Å². The summed E-state index contributed by atoms with van der Waals surface area (Å²) in [6, 6.07) is 19.1. The monoisotopic (exact) mass is 519 g/mol. The molecule has 0 N–H and O–H groups in total. The Morgan fingerprint density at radius 1 is 1.00 bits per heavy atom. The Balaban J connectivity index is 1.76. The van der Waals surface area contributed by atoms with Crippen molar-refractivity contribution in [1.82, 2.24) is 0 Å². The fraction of sp³-hybridized carbons (Fsp3) is 0.115. The number of thioether (sulfide) groups is 1. The van der Waals surface area contributed by atoms with Crippen LogP contribution in [0.4, 0.5) is 5.69 Å². The number of fused-ring (bicyclic) bond motifs is 2. The van der Waals surface area contributed by atoms with E-state index < -0.39 is 6.04 Å². The van der Waals surface area contributed by atoms with E-state index in [1.165, 1.54) is 6.92 Å². The van der Waals surface area contributed by atoms with Gasteiger partial charge in [0.25, 0.3) is 5.91 Å². The normalized spacial score (nSPS) is 15.2. The number of nitrogens with zero attached hydrogens (tertiary/aromatic N) is 1. The number of ketones is 1. The second-order valence-electron chi connectivity index (χ2n) is 7.77. The maximum atomic E-state index is 13.6. The summed E-state index contributed by atoms with van der Waals surface area (Å²) in [4.78, 5) is 41.6. The molecule has 2 heterocycles. The lowest BCUT2D eigenvalue weighted by atomic mass is 9.98. The number of anilines is 1. The van der Waals surface area contributed by atoms with Gasteiger partial charge in [0.15, 0.2) is 11.2 Å². The molecule has 3 aromatic carbocycles. The molecule has 5 rings (SSSR count). The Bertz CT molecular complexity index is 1480. The van der Waals surface area contributed by atoms with Crippen molar-refractivity contribution in [3.05, 3.63) is 104 Å². The lowest BCUT2D eigenvalue weighted by molar-refractivity contribution is 0.0970. The predicted octanol–water partition coefficient (Wildman–Crippen LogP) is 6.23. The van der Waals surface area contributed by atoms with Crippen LogP contribution < -0.4 is 10.3 Å². The zero-order valence-corrected chi connectivity index (χ0v) is 20.2. The molecular formula is C26H18BrNO4S. The van der Waals surface area contributed by atoms with Crippen LogP contribution in [0.3, 0.4) is 0 Å². The van der Waals surface area contributed by atoms with Crippen molar-refractivity contribution in [1.29, 1.82) is 0 Å². The van der Waals surface area contributed by atoms with Gasteiger partial charge in [-0.05, 0) is 73.3 Å². The van der Waals surface area contributed by atoms with Gasteiger partial charge in [-0.25, -0.2) is 0 Å². The summed E-state index contributed by atoms with van der Waals surface area (Å²) in [5.74, 6) is -0.402. The van der Waals surface area contributed by atoms with Crippen LogP contribution in [0.25, 0.3) is 11.0 Å². The predicted molar refractivity (Wildman–Crippen MR) is 134 cm³/mol. The minimum absolute atomic E-state index is 0.0457. The van der Waals surface area contributed by atoms with Gasteiger partial charge in [0.1, 0.15) is 5.58 Å². The molecule has 0 fully saturated rings. The topological polar surface area (TPSA) is 67.6 Å². The molecule has 4 aromatic rings. The Hall–Kier alpha value is -3.16. The fourth-order valence-corrected chi connectivity index (χ4v) is 4.94. The van der Waals surface area contributed by atoms with E-state index in [0.29, 0.717) is 27.8 Å². The van der Waals surface area contributed by atoms with E-state index in [9.17, 15) is 14.4 Å². The second kappa shape index (κ2) is 8.32. The first kappa shape index (κ1) is 21.7. The third kappa shape index (κ3) is 3.61. The molecule has 1 aromatic heterocycles. The Morgan fingerprint density at radius 2 is 1.70 bits per heavy atom. The molecule has 7 heteroatoms.